The van der Waals surface area contributed by atoms with Gasteiger partial charge in [0.15, 0.2) is 0 Å². The van der Waals surface area contributed by atoms with Crippen molar-refractivity contribution in [3.63, 3.8) is 0 Å². The van der Waals surface area contributed by atoms with Gasteiger partial charge in [-0.3, -0.25) is 10.3 Å². The number of nitrogen functional groups attached to an aromatic ring is 1. The maximum Gasteiger partial charge on any atom is 0.148 e. The third-order valence-corrected chi connectivity index (χ3v) is 3.84. The normalized spacial score (nSPS) is 17.0. The number of aliphatic hydroxyl groups is 1. The molecule has 0 aliphatic carbocycles. The van der Waals surface area contributed by atoms with E-state index >= 15 is 0 Å². The molecule has 0 aromatic carbocycles. The third kappa shape index (κ3) is 3.39. The highest BCUT2D eigenvalue weighted by Gasteiger charge is 2.19. The number of hydrogen-bond donors (Lipinski definition) is 3. The van der Waals surface area contributed by atoms with E-state index in [2.05, 4.69) is 14.8 Å². The van der Waals surface area contributed by atoms with Crippen LogP contribution in [0.25, 0.3) is 0 Å². The molecule has 1 saturated heterocycles. The van der Waals surface area contributed by atoms with Gasteiger partial charge < -0.3 is 15.7 Å². The van der Waals surface area contributed by atoms with Crippen molar-refractivity contribution in [2.45, 2.75) is 6.42 Å². The Morgan fingerprint density at radius 1 is 1.40 bits per heavy atom. The maximum absolute atomic E-state index is 9.01. The molecule has 0 atom stereocenters. The second kappa shape index (κ2) is 6.88. The first-order valence-corrected chi connectivity index (χ1v) is 7.08. The first-order valence-electron chi connectivity index (χ1n) is 6.70. The van der Waals surface area contributed by atoms with Crippen molar-refractivity contribution >= 4 is 23.3 Å². The Labute approximate surface area is 123 Å². The van der Waals surface area contributed by atoms with Gasteiger partial charge in [-0.15, -0.1) is 0 Å². The van der Waals surface area contributed by atoms with Crippen molar-refractivity contribution in [3.05, 3.63) is 22.8 Å². The largest absolute Gasteiger partial charge is 0.395 e. The number of aliphatic hydroxyl groups excluding tert-OH is 1. The van der Waals surface area contributed by atoms with Gasteiger partial charge in [-0.1, -0.05) is 11.6 Å². The van der Waals surface area contributed by atoms with E-state index in [1.165, 1.54) is 0 Å². The molecule has 7 heteroatoms. The zero-order valence-electron chi connectivity index (χ0n) is 11.3. The predicted octanol–water partition coefficient (Wildman–Crippen LogP) is 0.523. The highest BCUT2D eigenvalue weighted by molar-refractivity contribution is 6.36. The minimum atomic E-state index is -0.0459. The quantitative estimate of drug-likeness (QED) is 0.557. The Balaban J connectivity index is 2.15. The van der Waals surface area contributed by atoms with E-state index in [0.717, 1.165) is 32.6 Å². The zero-order valence-corrected chi connectivity index (χ0v) is 12.1. The summed E-state index contributed by atoms with van der Waals surface area (Å²) < 4.78 is 0. The molecular weight excluding hydrogens is 278 g/mol. The predicted molar refractivity (Wildman–Crippen MR) is 80.6 cm³/mol. The SMILES string of the molecule is N=C(N)c1ccnc(N2CCCN(CCO)CC2)c1Cl. The molecule has 1 aliphatic rings. The second-order valence-electron chi connectivity index (χ2n) is 4.82. The molecule has 0 bridgehead atoms. The van der Waals surface area contributed by atoms with Gasteiger partial charge in [0.1, 0.15) is 11.7 Å². The molecule has 0 amide bonds. The van der Waals surface area contributed by atoms with Crippen LogP contribution >= 0.6 is 11.6 Å². The number of nitrogens with two attached hydrogens (primary N) is 1. The number of amidine groups is 1. The minimum Gasteiger partial charge on any atom is -0.395 e. The standard InChI is InChI=1S/C13H20ClN5O/c14-11-10(12(15)16)2-3-17-13(11)19-5-1-4-18(6-7-19)8-9-20/h2-3,20H,1,4-9H2,(H3,15,16). The van der Waals surface area contributed by atoms with Crippen LogP contribution in [0.4, 0.5) is 5.82 Å². The van der Waals surface area contributed by atoms with E-state index in [1.54, 1.807) is 12.3 Å². The van der Waals surface area contributed by atoms with Gasteiger partial charge in [0.05, 0.1) is 11.6 Å². The molecule has 110 valence electrons. The fourth-order valence-electron chi connectivity index (χ4n) is 2.41. The summed E-state index contributed by atoms with van der Waals surface area (Å²) in [6, 6.07) is 1.66. The molecule has 0 saturated carbocycles. The fourth-order valence-corrected chi connectivity index (χ4v) is 2.74. The number of anilines is 1. The Hall–Kier alpha value is -1.37. The van der Waals surface area contributed by atoms with E-state index in [9.17, 15) is 0 Å². The number of nitrogens with one attached hydrogen (secondary N) is 1. The average molecular weight is 298 g/mol. The number of hydrogen-bond acceptors (Lipinski definition) is 5. The molecule has 2 heterocycles. The van der Waals surface area contributed by atoms with E-state index in [-0.39, 0.29) is 12.4 Å². The van der Waals surface area contributed by atoms with E-state index in [4.69, 9.17) is 27.9 Å². The molecule has 1 aromatic rings. The van der Waals surface area contributed by atoms with Crippen LogP contribution in [0.2, 0.25) is 5.02 Å². The van der Waals surface area contributed by atoms with Gasteiger partial charge in [0, 0.05) is 37.9 Å². The monoisotopic (exact) mass is 297 g/mol. The Morgan fingerprint density at radius 2 is 2.20 bits per heavy atom. The number of nitrogens with zero attached hydrogens (tertiary/aromatic N) is 3. The van der Waals surface area contributed by atoms with Crippen molar-refractivity contribution in [1.82, 2.24) is 9.88 Å². The first kappa shape index (κ1) is 15.0. The van der Waals surface area contributed by atoms with Gasteiger partial charge in [-0.05, 0) is 19.0 Å². The lowest BCUT2D eigenvalue weighted by Crippen LogP contribution is -2.33. The van der Waals surface area contributed by atoms with Gasteiger partial charge in [0.25, 0.3) is 0 Å². The van der Waals surface area contributed by atoms with E-state index < -0.39 is 0 Å². The van der Waals surface area contributed by atoms with Crippen LogP contribution in [-0.4, -0.2) is 60.2 Å². The van der Waals surface area contributed by atoms with Crippen molar-refractivity contribution in [3.8, 4) is 0 Å². The van der Waals surface area contributed by atoms with Crippen molar-refractivity contribution < 1.29 is 5.11 Å². The van der Waals surface area contributed by atoms with Crippen LogP contribution in [0.15, 0.2) is 12.3 Å². The van der Waals surface area contributed by atoms with Crippen LogP contribution < -0.4 is 10.6 Å². The Kier molecular flexibility index (Phi) is 5.17. The molecule has 20 heavy (non-hydrogen) atoms. The van der Waals surface area contributed by atoms with Gasteiger partial charge in [-0.2, -0.15) is 0 Å². The summed E-state index contributed by atoms with van der Waals surface area (Å²) in [7, 11) is 0. The molecule has 4 N–H and O–H groups in total. The number of aromatic nitrogens is 1. The molecule has 1 aliphatic heterocycles. The summed E-state index contributed by atoms with van der Waals surface area (Å²) >= 11 is 6.31. The Morgan fingerprint density at radius 3 is 2.90 bits per heavy atom. The summed E-state index contributed by atoms with van der Waals surface area (Å²) in [5.41, 5.74) is 6.04. The molecule has 0 spiro atoms. The van der Waals surface area contributed by atoms with Gasteiger partial charge >= 0.3 is 0 Å². The van der Waals surface area contributed by atoms with Crippen molar-refractivity contribution in [2.24, 2.45) is 5.73 Å². The summed E-state index contributed by atoms with van der Waals surface area (Å²) in [5, 5.41) is 17.0. The number of pyridine rings is 1. The Bertz CT molecular complexity index is 482. The number of halogens is 1. The molecular formula is C13H20ClN5O. The summed E-state index contributed by atoms with van der Waals surface area (Å²) in [6.45, 7) is 4.36. The molecule has 1 aromatic heterocycles. The first-order chi connectivity index (χ1) is 9.63. The van der Waals surface area contributed by atoms with Crippen LogP contribution in [0, 0.1) is 5.41 Å². The lowest BCUT2D eigenvalue weighted by atomic mass is 10.2. The summed E-state index contributed by atoms with van der Waals surface area (Å²) in [5.74, 6) is 0.639. The average Bonchev–Trinajstić information content (AvgIpc) is 2.65. The smallest absolute Gasteiger partial charge is 0.148 e. The van der Waals surface area contributed by atoms with Crippen molar-refractivity contribution in [2.75, 3.05) is 44.2 Å². The third-order valence-electron chi connectivity index (χ3n) is 3.47. The molecule has 1 fully saturated rings. The highest BCUT2D eigenvalue weighted by Crippen LogP contribution is 2.27. The molecule has 6 nitrogen and oxygen atoms in total. The number of β-amino-alcohol motifs (C(OH)–C–C–N with tert-alkyl or cyclic N) is 1. The highest BCUT2D eigenvalue weighted by atomic mass is 35.5. The van der Waals surface area contributed by atoms with Crippen LogP contribution in [0.1, 0.15) is 12.0 Å². The van der Waals surface area contributed by atoms with E-state index in [1.807, 2.05) is 0 Å². The number of rotatable bonds is 4. The van der Waals surface area contributed by atoms with Crippen LogP contribution in [0.3, 0.4) is 0 Å². The molecule has 2 rings (SSSR count). The van der Waals surface area contributed by atoms with Gasteiger partial charge in [0.2, 0.25) is 0 Å². The lowest BCUT2D eigenvalue weighted by molar-refractivity contribution is 0.204. The van der Waals surface area contributed by atoms with Crippen molar-refractivity contribution in [1.29, 1.82) is 5.41 Å². The maximum atomic E-state index is 9.01. The summed E-state index contributed by atoms with van der Waals surface area (Å²) in [6.07, 6.45) is 2.62. The molecule has 0 unspecified atom stereocenters. The van der Waals surface area contributed by atoms with E-state index in [0.29, 0.717) is 22.9 Å². The summed E-state index contributed by atoms with van der Waals surface area (Å²) in [4.78, 5) is 8.67. The lowest BCUT2D eigenvalue weighted by Gasteiger charge is -2.24. The topological polar surface area (TPSA) is 89.5 Å². The van der Waals surface area contributed by atoms with Crippen LogP contribution in [-0.2, 0) is 0 Å². The minimum absolute atomic E-state index is 0.0459. The fraction of sp³-hybridized carbons (Fsp3) is 0.538. The second-order valence-corrected chi connectivity index (χ2v) is 5.19. The zero-order chi connectivity index (χ0) is 14.5. The van der Waals surface area contributed by atoms with Crippen LogP contribution in [0.5, 0.6) is 0 Å². The van der Waals surface area contributed by atoms with Gasteiger partial charge in [-0.25, -0.2) is 4.98 Å². The molecule has 0 radical (unpaired) electrons.